The second kappa shape index (κ2) is 6.08. The zero-order valence-corrected chi connectivity index (χ0v) is 7.69. The van der Waals surface area contributed by atoms with Crippen molar-refractivity contribution in [3.05, 3.63) is 11.4 Å². The normalized spacial score (nSPS) is 9.64. The zero-order chi connectivity index (χ0) is 8.69. The monoisotopic (exact) mass is 156 g/mol. The maximum absolute atomic E-state index is 5.52. The minimum atomic E-state index is 0.542. The smallest absolute Gasteiger partial charge is 0.0925 e. The van der Waals surface area contributed by atoms with Gasteiger partial charge in [0.05, 0.1) is 5.82 Å². The fourth-order valence-electron chi connectivity index (χ4n) is 1.11. The van der Waals surface area contributed by atoms with Crippen molar-refractivity contribution >= 4 is 0 Å². The quantitative estimate of drug-likeness (QED) is 0.640. The molecule has 0 radical (unpaired) electrons. The van der Waals surface area contributed by atoms with E-state index in [4.69, 9.17) is 11.5 Å². The lowest BCUT2D eigenvalue weighted by atomic mass is 10.0. The van der Waals surface area contributed by atoms with Gasteiger partial charge in [0.1, 0.15) is 0 Å². The summed E-state index contributed by atoms with van der Waals surface area (Å²) >= 11 is 0. The van der Waals surface area contributed by atoms with Crippen LogP contribution in [0, 0.1) is 0 Å². The highest BCUT2D eigenvalue weighted by atomic mass is 14.8. The van der Waals surface area contributed by atoms with Crippen molar-refractivity contribution < 1.29 is 0 Å². The lowest BCUT2D eigenvalue weighted by molar-refractivity contribution is 0.730. The summed E-state index contributed by atoms with van der Waals surface area (Å²) in [7, 11) is 0. The van der Waals surface area contributed by atoms with Crippen LogP contribution in [0.2, 0.25) is 0 Å². The summed E-state index contributed by atoms with van der Waals surface area (Å²) in [5.74, 6) is 0.542. The van der Waals surface area contributed by atoms with Gasteiger partial charge in [-0.3, -0.25) is 0 Å². The van der Waals surface area contributed by atoms with Gasteiger partial charge in [-0.1, -0.05) is 26.7 Å². The van der Waals surface area contributed by atoms with E-state index in [1.807, 2.05) is 0 Å². The lowest BCUT2D eigenvalue weighted by Gasteiger charge is -2.06. The number of unbranched alkanes of at least 4 members (excludes halogenated alkanes) is 1. The summed E-state index contributed by atoms with van der Waals surface area (Å²) in [5, 5.41) is 0. The van der Waals surface area contributed by atoms with Gasteiger partial charge in [0.25, 0.3) is 0 Å². The van der Waals surface area contributed by atoms with Crippen molar-refractivity contribution in [2.75, 3.05) is 0 Å². The molecule has 0 amide bonds. The molecule has 0 unspecified atom stereocenters. The van der Waals surface area contributed by atoms with Crippen LogP contribution in [0.15, 0.2) is 11.4 Å². The molecule has 0 bridgehead atoms. The first-order valence-corrected chi connectivity index (χ1v) is 4.45. The number of hydrogen-bond acceptors (Lipinski definition) is 2. The molecule has 0 saturated carbocycles. The van der Waals surface area contributed by atoms with Gasteiger partial charge in [0, 0.05) is 0 Å². The van der Waals surface area contributed by atoms with Crippen LogP contribution in [0.25, 0.3) is 0 Å². The van der Waals surface area contributed by atoms with E-state index in [9.17, 15) is 0 Å². The molecule has 0 fully saturated rings. The van der Waals surface area contributed by atoms with Crippen LogP contribution in [0.4, 0.5) is 0 Å². The molecule has 0 aromatic heterocycles. The third-order valence-electron chi connectivity index (χ3n) is 1.79. The van der Waals surface area contributed by atoms with Gasteiger partial charge in [-0.25, -0.2) is 0 Å². The van der Waals surface area contributed by atoms with E-state index in [-0.39, 0.29) is 0 Å². The maximum Gasteiger partial charge on any atom is 0.0925 e. The number of rotatable bonds is 5. The van der Waals surface area contributed by atoms with Crippen molar-refractivity contribution in [3.63, 3.8) is 0 Å². The summed E-state index contributed by atoms with van der Waals surface area (Å²) in [4.78, 5) is 0. The first-order chi connectivity index (χ1) is 5.22. The van der Waals surface area contributed by atoms with Crippen LogP contribution in [0.3, 0.4) is 0 Å². The van der Waals surface area contributed by atoms with E-state index in [1.165, 1.54) is 18.4 Å². The minimum absolute atomic E-state index is 0.542. The Balaban J connectivity index is 3.81. The molecule has 2 nitrogen and oxygen atoms in total. The van der Waals surface area contributed by atoms with Crippen molar-refractivity contribution in [2.45, 2.75) is 46.0 Å². The van der Waals surface area contributed by atoms with Gasteiger partial charge in [0.2, 0.25) is 0 Å². The molecular weight excluding hydrogens is 136 g/mol. The molecule has 0 saturated heterocycles. The third kappa shape index (κ3) is 4.71. The summed E-state index contributed by atoms with van der Waals surface area (Å²) in [6.45, 7) is 4.32. The molecule has 0 aliphatic rings. The van der Waals surface area contributed by atoms with Crippen molar-refractivity contribution in [3.8, 4) is 0 Å². The topological polar surface area (TPSA) is 52.0 Å². The Bertz CT molecular complexity index is 124. The van der Waals surface area contributed by atoms with Gasteiger partial charge < -0.3 is 11.5 Å². The molecule has 0 aromatic carbocycles. The molecule has 66 valence electrons. The number of allylic oxidation sites excluding steroid dienone is 1. The Labute approximate surface area is 69.6 Å². The Morgan fingerprint density at radius 2 is 1.64 bits per heavy atom. The van der Waals surface area contributed by atoms with Crippen LogP contribution < -0.4 is 11.5 Å². The van der Waals surface area contributed by atoms with Crippen molar-refractivity contribution in [2.24, 2.45) is 11.5 Å². The van der Waals surface area contributed by atoms with Crippen molar-refractivity contribution in [1.29, 1.82) is 0 Å². The predicted molar refractivity (Wildman–Crippen MR) is 49.8 cm³/mol. The van der Waals surface area contributed by atoms with Crippen LogP contribution in [-0.4, -0.2) is 0 Å². The molecule has 2 heteroatoms. The second-order valence-corrected chi connectivity index (χ2v) is 2.91. The molecule has 4 N–H and O–H groups in total. The highest BCUT2D eigenvalue weighted by molar-refractivity contribution is 5.07. The Morgan fingerprint density at radius 1 is 1.00 bits per heavy atom. The fourth-order valence-corrected chi connectivity index (χ4v) is 1.11. The van der Waals surface area contributed by atoms with Crippen LogP contribution >= 0.6 is 0 Å². The molecule has 11 heavy (non-hydrogen) atoms. The lowest BCUT2D eigenvalue weighted by Crippen LogP contribution is -2.12. The van der Waals surface area contributed by atoms with E-state index < -0.39 is 0 Å². The van der Waals surface area contributed by atoms with Crippen molar-refractivity contribution in [1.82, 2.24) is 0 Å². The third-order valence-corrected chi connectivity index (χ3v) is 1.79. The van der Waals surface area contributed by atoms with E-state index in [0.29, 0.717) is 5.82 Å². The summed E-state index contributed by atoms with van der Waals surface area (Å²) < 4.78 is 0. The van der Waals surface area contributed by atoms with E-state index >= 15 is 0 Å². The van der Waals surface area contributed by atoms with Gasteiger partial charge in [-0.15, -0.1) is 0 Å². The molecule has 0 spiro atoms. The van der Waals surface area contributed by atoms with Gasteiger partial charge >= 0.3 is 0 Å². The predicted octanol–water partition coefficient (Wildman–Crippen LogP) is 2.11. The van der Waals surface area contributed by atoms with E-state index in [1.54, 1.807) is 0 Å². The summed E-state index contributed by atoms with van der Waals surface area (Å²) in [5.41, 5.74) is 12.3. The van der Waals surface area contributed by atoms with Crippen LogP contribution in [0.1, 0.15) is 46.0 Å². The van der Waals surface area contributed by atoms with E-state index in [2.05, 4.69) is 13.8 Å². The molecular formula is C9H20N2. The van der Waals surface area contributed by atoms with Gasteiger partial charge in [0.15, 0.2) is 0 Å². The van der Waals surface area contributed by atoms with Crippen LogP contribution in [-0.2, 0) is 0 Å². The minimum Gasteiger partial charge on any atom is -0.386 e. The second-order valence-electron chi connectivity index (χ2n) is 2.91. The standard InChI is InChI=1S/C9H20N2/c1-3-5-7-8(6-4-2)9(10)11/h3-7,10-11H2,1-2H3. The van der Waals surface area contributed by atoms with Crippen LogP contribution in [0.5, 0.6) is 0 Å². The number of nitrogens with two attached hydrogens (primary N) is 2. The SMILES string of the molecule is CCCCC(CCC)=C(N)N. The number of hydrogen-bond donors (Lipinski definition) is 2. The first-order valence-electron chi connectivity index (χ1n) is 4.45. The average Bonchev–Trinajstić information content (AvgIpc) is 1.97. The molecule has 0 rings (SSSR count). The average molecular weight is 156 g/mol. The molecule has 0 atom stereocenters. The summed E-state index contributed by atoms with van der Waals surface area (Å²) in [6.07, 6.45) is 5.68. The largest absolute Gasteiger partial charge is 0.386 e. The first kappa shape index (κ1) is 10.3. The van der Waals surface area contributed by atoms with Gasteiger partial charge in [-0.2, -0.15) is 0 Å². The maximum atomic E-state index is 5.52. The Kier molecular flexibility index (Phi) is 5.71. The van der Waals surface area contributed by atoms with Gasteiger partial charge in [-0.05, 0) is 24.8 Å². The fraction of sp³-hybridized carbons (Fsp3) is 0.778. The Hall–Kier alpha value is -0.660. The summed E-state index contributed by atoms with van der Waals surface area (Å²) in [6, 6.07) is 0. The molecule has 0 aromatic rings. The molecule has 0 aliphatic heterocycles. The Morgan fingerprint density at radius 3 is 2.00 bits per heavy atom. The molecule has 0 heterocycles. The highest BCUT2D eigenvalue weighted by Crippen LogP contribution is 2.13. The van der Waals surface area contributed by atoms with E-state index in [0.717, 1.165) is 19.3 Å². The zero-order valence-electron chi connectivity index (χ0n) is 7.69. The highest BCUT2D eigenvalue weighted by Gasteiger charge is 1.98. The molecule has 0 aliphatic carbocycles.